The number of methoxy groups -OCH3 is 1. The zero-order chi connectivity index (χ0) is 17.5. The van der Waals surface area contributed by atoms with E-state index < -0.39 is 30.3 Å². The number of carbonyl (C=O) groups excluding carboxylic acids is 4. The number of nitrogens with zero attached hydrogens (tertiary/aromatic N) is 2. The number of rotatable bonds is 8. The van der Waals surface area contributed by atoms with Crippen molar-refractivity contribution in [3.05, 3.63) is 35.9 Å². The molecule has 0 bridgehead atoms. The number of carbonyl (C=O) groups is 4. The fourth-order valence-electron chi connectivity index (χ4n) is 2.24. The average molecular weight is 333 g/mol. The van der Waals surface area contributed by atoms with Crippen molar-refractivity contribution in [3.8, 4) is 0 Å². The quantitative estimate of drug-likeness (QED) is 0.414. The van der Waals surface area contributed by atoms with E-state index in [1.165, 1.54) is 0 Å². The summed E-state index contributed by atoms with van der Waals surface area (Å²) in [4.78, 5) is 49.5. The molecule has 8 nitrogen and oxygen atoms in total. The van der Waals surface area contributed by atoms with Crippen molar-refractivity contribution in [2.45, 2.75) is 13.0 Å². The van der Waals surface area contributed by atoms with E-state index in [4.69, 9.17) is 4.74 Å². The summed E-state index contributed by atoms with van der Waals surface area (Å²) in [7, 11) is 1.55. The Hall–Kier alpha value is -2.74. The predicted octanol–water partition coefficient (Wildman–Crippen LogP) is 0.130. The van der Waals surface area contributed by atoms with Gasteiger partial charge < -0.3 is 10.1 Å². The van der Waals surface area contributed by atoms with Crippen LogP contribution in [-0.4, -0.2) is 60.4 Å². The van der Waals surface area contributed by atoms with E-state index in [1.807, 2.05) is 6.07 Å². The maximum Gasteiger partial charge on any atom is 0.335 e. The van der Waals surface area contributed by atoms with Gasteiger partial charge in [0.2, 0.25) is 5.91 Å². The van der Waals surface area contributed by atoms with Gasteiger partial charge in [-0.3, -0.25) is 19.3 Å². The number of nitrogens with one attached hydrogen (secondary N) is 1. The molecule has 0 aliphatic carbocycles. The molecule has 0 unspecified atom stereocenters. The number of amides is 5. The van der Waals surface area contributed by atoms with Gasteiger partial charge >= 0.3 is 17.8 Å². The number of ether oxygens (including phenoxy) is 1. The SMILES string of the molecule is COCCCNC(=O)CN1C(=O)C(=O)N(Cc2ccccc2)C1=O. The summed E-state index contributed by atoms with van der Waals surface area (Å²) in [6.07, 6.45) is 0.614. The second kappa shape index (κ2) is 8.21. The molecule has 8 heteroatoms. The molecule has 128 valence electrons. The number of urea groups is 1. The van der Waals surface area contributed by atoms with Gasteiger partial charge in [0.05, 0.1) is 6.54 Å². The minimum atomic E-state index is -0.983. The van der Waals surface area contributed by atoms with E-state index in [1.54, 1.807) is 31.4 Å². The summed E-state index contributed by atoms with van der Waals surface area (Å²) in [5, 5.41) is 2.57. The molecule has 0 spiro atoms. The molecule has 0 radical (unpaired) electrons. The molecule has 1 aromatic carbocycles. The first kappa shape index (κ1) is 17.6. The molecular formula is C16H19N3O5. The summed E-state index contributed by atoms with van der Waals surface area (Å²) in [6.45, 7) is 0.383. The maximum atomic E-state index is 12.3. The topological polar surface area (TPSA) is 96.0 Å². The lowest BCUT2D eigenvalue weighted by atomic mass is 10.2. The van der Waals surface area contributed by atoms with Gasteiger partial charge in [0.15, 0.2) is 0 Å². The van der Waals surface area contributed by atoms with Crippen LogP contribution in [0.15, 0.2) is 30.3 Å². The molecule has 0 atom stereocenters. The molecule has 0 saturated carbocycles. The zero-order valence-electron chi connectivity index (χ0n) is 13.4. The van der Waals surface area contributed by atoms with Crippen LogP contribution in [0.25, 0.3) is 0 Å². The Bertz CT molecular complexity index is 632. The number of hydrogen-bond donors (Lipinski definition) is 1. The van der Waals surface area contributed by atoms with E-state index in [0.29, 0.717) is 24.5 Å². The van der Waals surface area contributed by atoms with E-state index >= 15 is 0 Å². The standard InChI is InChI=1S/C16H19N3O5/c1-24-9-5-8-17-13(20)11-19-15(22)14(21)18(16(19)23)10-12-6-3-2-4-7-12/h2-4,6-7H,5,8-11H2,1H3,(H,17,20). The largest absolute Gasteiger partial charge is 0.385 e. The van der Waals surface area contributed by atoms with Gasteiger partial charge in [0.25, 0.3) is 0 Å². The van der Waals surface area contributed by atoms with Gasteiger partial charge in [-0.05, 0) is 12.0 Å². The van der Waals surface area contributed by atoms with Crippen LogP contribution in [0.1, 0.15) is 12.0 Å². The molecule has 0 aromatic heterocycles. The summed E-state index contributed by atoms with van der Waals surface area (Å²) in [5.41, 5.74) is 0.720. The van der Waals surface area contributed by atoms with Crippen LogP contribution in [0.3, 0.4) is 0 Å². The lowest BCUT2D eigenvalue weighted by molar-refractivity contribution is -0.144. The van der Waals surface area contributed by atoms with E-state index in [2.05, 4.69) is 5.32 Å². The molecule has 1 aromatic rings. The van der Waals surface area contributed by atoms with Crippen molar-refractivity contribution in [1.29, 1.82) is 0 Å². The van der Waals surface area contributed by atoms with Crippen LogP contribution < -0.4 is 5.32 Å². The fraction of sp³-hybridized carbons (Fsp3) is 0.375. The van der Waals surface area contributed by atoms with Crippen molar-refractivity contribution in [1.82, 2.24) is 15.1 Å². The molecule has 2 rings (SSSR count). The number of hydrogen-bond acceptors (Lipinski definition) is 5. The highest BCUT2D eigenvalue weighted by atomic mass is 16.5. The highest BCUT2D eigenvalue weighted by Gasteiger charge is 2.45. The third-order valence-corrected chi connectivity index (χ3v) is 3.47. The Morgan fingerprint density at radius 2 is 1.75 bits per heavy atom. The van der Waals surface area contributed by atoms with Crippen molar-refractivity contribution in [2.24, 2.45) is 0 Å². The molecular weight excluding hydrogens is 314 g/mol. The molecule has 1 heterocycles. The predicted molar refractivity (Wildman–Crippen MR) is 83.6 cm³/mol. The van der Waals surface area contributed by atoms with Crippen LogP contribution in [0.4, 0.5) is 4.79 Å². The fourth-order valence-corrected chi connectivity index (χ4v) is 2.24. The first-order valence-corrected chi connectivity index (χ1v) is 7.51. The van der Waals surface area contributed by atoms with Crippen LogP contribution in [0.5, 0.6) is 0 Å². The second-order valence-corrected chi connectivity index (χ2v) is 5.25. The van der Waals surface area contributed by atoms with Crippen molar-refractivity contribution in [3.63, 3.8) is 0 Å². The summed E-state index contributed by atoms with van der Waals surface area (Å²) in [6, 6.07) is 8.07. The Kier molecular flexibility index (Phi) is 6.02. The monoisotopic (exact) mass is 333 g/mol. The smallest absolute Gasteiger partial charge is 0.335 e. The summed E-state index contributed by atoms with van der Waals surface area (Å²) >= 11 is 0. The second-order valence-electron chi connectivity index (χ2n) is 5.25. The molecule has 1 N–H and O–H groups in total. The summed E-state index contributed by atoms with van der Waals surface area (Å²) in [5.74, 6) is -2.40. The van der Waals surface area contributed by atoms with Crippen molar-refractivity contribution >= 4 is 23.8 Å². The molecule has 1 aliphatic rings. The minimum Gasteiger partial charge on any atom is -0.385 e. The first-order valence-electron chi connectivity index (χ1n) is 7.51. The highest BCUT2D eigenvalue weighted by molar-refractivity contribution is 6.44. The van der Waals surface area contributed by atoms with Gasteiger partial charge in [0.1, 0.15) is 6.54 Å². The first-order chi connectivity index (χ1) is 11.5. The van der Waals surface area contributed by atoms with Crippen molar-refractivity contribution < 1.29 is 23.9 Å². The summed E-state index contributed by atoms with van der Waals surface area (Å²) < 4.78 is 4.85. The third kappa shape index (κ3) is 4.17. The Balaban J connectivity index is 1.94. The molecule has 1 aliphatic heterocycles. The maximum absolute atomic E-state index is 12.3. The zero-order valence-corrected chi connectivity index (χ0v) is 13.4. The molecule has 1 saturated heterocycles. The van der Waals surface area contributed by atoms with Crippen LogP contribution in [0.2, 0.25) is 0 Å². The molecule has 5 amide bonds. The van der Waals surface area contributed by atoms with Crippen LogP contribution >= 0.6 is 0 Å². The third-order valence-electron chi connectivity index (χ3n) is 3.47. The average Bonchev–Trinajstić information content (AvgIpc) is 2.78. The van der Waals surface area contributed by atoms with Gasteiger partial charge in [-0.25, -0.2) is 9.69 Å². The normalized spacial score (nSPS) is 14.5. The minimum absolute atomic E-state index is 0.00377. The number of benzene rings is 1. The molecule has 24 heavy (non-hydrogen) atoms. The highest BCUT2D eigenvalue weighted by Crippen LogP contribution is 2.15. The molecule has 1 fully saturated rings. The van der Waals surface area contributed by atoms with Crippen molar-refractivity contribution in [2.75, 3.05) is 26.8 Å². The van der Waals surface area contributed by atoms with Crippen LogP contribution in [-0.2, 0) is 25.7 Å². The van der Waals surface area contributed by atoms with Gasteiger partial charge in [-0.1, -0.05) is 30.3 Å². The lowest BCUT2D eigenvalue weighted by Crippen LogP contribution is -2.41. The van der Waals surface area contributed by atoms with Gasteiger partial charge in [0, 0.05) is 20.3 Å². The van der Waals surface area contributed by atoms with Crippen LogP contribution in [0, 0.1) is 0 Å². The Labute approximate surface area is 139 Å². The van der Waals surface area contributed by atoms with E-state index in [-0.39, 0.29) is 6.54 Å². The Morgan fingerprint density at radius 1 is 1.08 bits per heavy atom. The van der Waals surface area contributed by atoms with E-state index in [0.717, 1.165) is 10.5 Å². The lowest BCUT2D eigenvalue weighted by Gasteiger charge is -2.15. The number of imide groups is 2. The van der Waals surface area contributed by atoms with Gasteiger partial charge in [-0.15, -0.1) is 0 Å². The Morgan fingerprint density at radius 3 is 2.42 bits per heavy atom. The van der Waals surface area contributed by atoms with E-state index in [9.17, 15) is 19.2 Å². The van der Waals surface area contributed by atoms with Gasteiger partial charge in [-0.2, -0.15) is 0 Å².